The normalized spacial score (nSPS) is 10.8. The summed E-state index contributed by atoms with van der Waals surface area (Å²) in [5, 5.41) is 17.8. The largest absolute Gasteiger partial charge is 0.354 e. The lowest BCUT2D eigenvalue weighted by Crippen LogP contribution is -2.20. The summed E-state index contributed by atoms with van der Waals surface area (Å²) in [6.07, 6.45) is 1.30. The van der Waals surface area contributed by atoms with Crippen molar-refractivity contribution in [2.75, 3.05) is 16.8 Å². The Bertz CT molecular complexity index is 1280. The van der Waals surface area contributed by atoms with E-state index in [0.29, 0.717) is 22.3 Å². The number of benzene rings is 3. The molecule has 7 nitrogen and oxygen atoms in total. The molecule has 31 heavy (non-hydrogen) atoms. The maximum Gasteiger partial charge on any atom is 0.354 e. The molecule has 1 N–H and O–H groups in total. The molecule has 3 aromatic carbocycles. The van der Waals surface area contributed by atoms with E-state index < -0.39 is 4.92 Å². The molecule has 0 aliphatic rings. The third-order valence-corrected chi connectivity index (χ3v) is 5.54. The minimum absolute atomic E-state index is 0.0621. The van der Waals surface area contributed by atoms with Gasteiger partial charge in [-0.2, -0.15) is 0 Å². The molecule has 4 aromatic rings. The molecular weight excluding hydrogens is 437 g/mol. The average molecular weight is 454 g/mol. The van der Waals surface area contributed by atoms with Crippen molar-refractivity contribution in [3.8, 4) is 0 Å². The van der Waals surface area contributed by atoms with Crippen LogP contribution in [0, 0.1) is 10.1 Å². The highest BCUT2D eigenvalue weighted by atomic mass is 35.5. The van der Waals surface area contributed by atoms with Gasteiger partial charge in [-0.1, -0.05) is 59.6 Å². The molecule has 0 saturated carbocycles. The molecule has 0 aliphatic carbocycles. The Kier molecular flexibility index (Phi) is 5.88. The van der Waals surface area contributed by atoms with Crippen LogP contribution in [0.3, 0.4) is 0 Å². The van der Waals surface area contributed by atoms with Gasteiger partial charge in [-0.3, -0.25) is 10.1 Å². The molecule has 156 valence electrons. The number of fused-ring (bicyclic) bond motifs is 1. The van der Waals surface area contributed by atoms with Gasteiger partial charge in [-0.05, 0) is 36.6 Å². The van der Waals surface area contributed by atoms with Gasteiger partial charge in [0.1, 0.15) is 6.33 Å². The molecule has 0 aliphatic heterocycles. The summed E-state index contributed by atoms with van der Waals surface area (Å²) in [4.78, 5) is 21.8. The standard InChI is InChI=1S/C22H17Cl2N5O2/c1-2-28(19-9-5-7-14-6-3-4-8-16(14)19)22-20(29(30)31)21(25-13-26-22)27-15-10-11-17(23)18(24)12-15/h3-13H,2H2,1H3,(H,25,26,27). The smallest absolute Gasteiger partial charge is 0.334 e. The van der Waals surface area contributed by atoms with Gasteiger partial charge in [0.15, 0.2) is 0 Å². The molecule has 0 bridgehead atoms. The van der Waals surface area contributed by atoms with Crippen LogP contribution >= 0.6 is 23.2 Å². The molecule has 9 heteroatoms. The van der Waals surface area contributed by atoms with Crippen molar-refractivity contribution in [3.63, 3.8) is 0 Å². The maximum absolute atomic E-state index is 12.1. The van der Waals surface area contributed by atoms with Crippen LogP contribution in [-0.4, -0.2) is 21.4 Å². The first-order valence-electron chi connectivity index (χ1n) is 9.46. The van der Waals surface area contributed by atoms with Gasteiger partial charge in [-0.15, -0.1) is 0 Å². The highest BCUT2D eigenvalue weighted by molar-refractivity contribution is 6.42. The van der Waals surface area contributed by atoms with E-state index in [0.717, 1.165) is 16.5 Å². The number of hydrogen-bond acceptors (Lipinski definition) is 6. The Morgan fingerprint density at radius 2 is 1.81 bits per heavy atom. The van der Waals surface area contributed by atoms with Gasteiger partial charge < -0.3 is 10.2 Å². The highest BCUT2D eigenvalue weighted by Crippen LogP contribution is 2.39. The fourth-order valence-corrected chi connectivity index (χ4v) is 3.71. The van der Waals surface area contributed by atoms with E-state index in [9.17, 15) is 10.1 Å². The number of nitrogens with zero attached hydrogens (tertiary/aromatic N) is 4. The van der Waals surface area contributed by atoms with Crippen LogP contribution in [0.15, 0.2) is 67.0 Å². The number of nitrogens with one attached hydrogen (secondary N) is 1. The zero-order valence-corrected chi connectivity index (χ0v) is 17.9. The van der Waals surface area contributed by atoms with Crippen molar-refractivity contribution < 1.29 is 4.92 Å². The van der Waals surface area contributed by atoms with E-state index in [1.807, 2.05) is 54.3 Å². The predicted molar refractivity (Wildman–Crippen MR) is 125 cm³/mol. The van der Waals surface area contributed by atoms with E-state index in [1.54, 1.807) is 18.2 Å². The summed E-state index contributed by atoms with van der Waals surface area (Å²) >= 11 is 12.0. The van der Waals surface area contributed by atoms with Crippen molar-refractivity contribution >= 4 is 62.7 Å². The second kappa shape index (κ2) is 8.75. The first-order chi connectivity index (χ1) is 15.0. The predicted octanol–water partition coefficient (Wildman–Crippen LogP) is 6.75. The van der Waals surface area contributed by atoms with Crippen molar-refractivity contribution in [2.45, 2.75) is 6.92 Å². The molecule has 0 unspecified atom stereocenters. The third kappa shape index (κ3) is 4.10. The minimum atomic E-state index is -0.483. The highest BCUT2D eigenvalue weighted by Gasteiger charge is 2.28. The first-order valence-corrected chi connectivity index (χ1v) is 10.2. The zero-order chi connectivity index (χ0) is 22.0. The van der Waals surface area contributed by atoms with Crippen LogP contribution in [0.4, 0.5) is 28.7 Å². The number of aromatic nitrogens is 2. The molecule has 0 saturated heterocycles. The van der Waals surface area contributed by atoms with Crippen LogP contribution in [-0.2, 0) is 0 Å². The molecule has 1 heterocycles. The summed E-state index contributed by atoms with van der Waals surface area (Å²) in [6, 6.07) is 18.6. The summed E-state index contributed by atoms with van der Waals surface area (Å²) in [7, 11) is 0. The quantitative estimate of drug-likeness (QED) is 0.256. The Labute approximate surface area is 188 Å². The summed E-state index contributed by atoms with van der Waals surface area (Å²) in [5.74, 6) is 0.258. The summed E-state index contributed by atoms with van der Waals surface area (Å²) in [6.45, 7) is 2.39. The summed E-state index contributed by atoms with van der Waals surface area (Å²) in [5.41, 5.74) is 1.11. The second-order valence-corrected chi connectivity index (χ2v) is 7.46. The Morgan fingerprint density at radius 1 is 1.03 bits per heavy atom. The van der Waals surface area contributed by atoms with Crippen molar-refractivity contribution in [1.82, 2.24) is 9.97 Å². The minimum Gasteiger partial charge on any atom is -0.334 e. The van der Waals surface area contributed by atoms with E-state index in [4.69, 9.17) is 23.2 Å². The van der Waals surface area contributed by atoms with Crippen LogP contribution in [0.1, 0.15) is 6.92 Å². The molecule has 0 atom stereocenters. The second-order valence-electron chi connectivity index (χ2n) is 6.65. The van der Waals surface area contributed by atoms with Crippen molar-refractivity contribution in [1.29, 1.82) is 0 Å². The van der Waals surface area contributed by atoms with Crippen LogP contribution in [0.25, 0.3) is 10.8 Å². The number of nitro groups is 1. The molecule has 4 rings (SSSR count). The van der Waals surface area contributed by atoms with E-state index in [-0.39, 0.29) is 17.3 Å². The first kappa shape index (κ1) is 20.8. The lowest BCUT2D eigenvalue weighted by atomic mass is 10.1. The summed E-state index contributed by atoms with van der Waals surface area (Å²) < 4.78 is 0. The fourth-order valence-electron chi connectivity index (χ4n) is 3.42. The van der Waals surface area contributed by atoms with Gasteiger partial charge in [0, 0.05) is 17.6 Å². The average Bonchev–Trinajstić information content (AvgIpc) is 2.77. The van der Waals surface area contributed by atoms with Gasteiger partial charge in [0.25, 0.3) is 0 Å². The van der Waals surface area contributed by atoms with Gasteiger partial charge in [-0.25, -0.2) is 9.97 Å². The van der Waals surface area contributed by atoms with Gasteiger partial charge in [0.2, 0.25) is 11.6 Å². The monoisotopic (exact) mass is 453 g/mol. The zero-order valence-electron chi connectivity index (χ0n) is 16.4. The lowest BCUT2D eigenvalue weighted by molar-refractivity contribution is -0.383. The Morgan fingerprint density at radius 3 is 2.55 bits per heavy atom. The molecule has 1 aromatic heterocycles. The maximum atomic E-state index is 12.1. The Hall–Kier alpha value is -3.42. The number of hydrogen-bond donors (Lipinski definition) is 1. The van der Waals surface area contributed by atoms with Gasteiger partial charge in [0.05, 0.1) is 20.7 Å². The number of anilines is 4. The SMILES string of the molecule is CCN(c1ncnc(Nc2ccc(Cl)c(Cl)c2)c1[N+](=O)[O-])c1cccc2ccccc12. The van der Waals surface area contributed by atoms with Crippen LogP contribution < -0.4 is 10.2 Å². The van der Waals surface area contributed by atoms with Crippen molar-refractivity contribution in [3.05, 3.63) is 87.2 Å². The molecule has 0 spiro atoms. The molecule has 0 radical (unpaired) electrons. The number of rotatable bonds is 6. The topological polar surface area (TPSA) is 84.2 Å². The van der Waals surface area contributed by atoms with E-state index >= 15 is 0 Å². The lowest BCUT2D eigenvalue weighted by Gasteiger charge is -2.24. The fraction of sp³-hybridized carbons (Fsp3) is 0.0909. The molecule has 0 fully saturated rings. The Balaban J connectivity index is 1.84. The van der Waals surface area contributed by atoms with E-state index in [2.05, 4.69) is 15.3 Å². The molecular formula is C22H17Cl2N5O2. The van der Waals surface area contributed by atoms with E-state index in [1.165, 1.54) is 6.33 Å². The van der Waals surface area contributed by atoms with Crippen molar-refractivity contribution in [2.24, 2.45) is 0 Å². The van der Waals surface area contributed by atoms with Crippen LogP contribution in [0.2, 0.25) is 10.0 Å². The third-order valence-electron chi connectivity index (χ3n) is 4.80. The van der Waals surface area contributed by atoms with Gasteiger partial charge >= 0.3 is 5.69 Å². The number of halogens is 2. The molecule has 0 amide bonds. The van der Waals surface area contributed by atoms with Crippen LogP contribution in [0.5, 0.6) is 0 Å².